The molecule has 1 aliphatic rings. The van der Waals surface area contributed by atoms with E-state index in [1.54, 1.807) is 0 Å². The second kappa shape index (κ2) is 5.99. The second-order valence-corrected chi connectivity index (χ2v) is 6.99. The maximum atomic E-state index is 6.42. The van der Waals surface area contributed by atoms with E-state index in [9.17, 15) is 0 Å². The number of halogens is 1. The lowest BCUT2D eigenvalue weighted by atomic mass is 9.96. The van der Waals surface area contributed by atoms with Crippen LogP contribution in [0.1, 0.15) is 74.8 Å². The summed E-state index contributed by atoms with van der Waals surface area (Å²) in [7, 11) is 2.01. The first-order chi connectivity index (χ1) is 10.1. The molecule has 1 aliphatic carbocycles. The highest BCUT2D eigenvalue weighted by Crippen LogP contribution is 2.34. The molecule has 1 atom stereocenters. The van der Waals surface area contributed by atoms with Gasteiger partial charge in [-0.2, -0.15) is 5.10 Å². The van der Waals surface area contributed by atoms with Crippen LogP contribution in [0, 0.1) is 6.92 Å². The van der Waals surface area contributed by atoms with Crippen molar-refractivity contribution in [1.82, 2.24) is 19.3 Å². The Labute approximate surface area is 131 Å². The van der Waals surface area contributed by atoms with E-state index in [0.29, 0.717) is 6.04 Å². The number of hydrogen-bond donors (Lipinski definition) is 0. The zero-order valence-electron chi connectivity index (χ0n) is 13.3. The summed E-state index contributed by atoms with van der Waals surface area (Å²) >= 11 is 6.42. The Kier molecular flexibility index (Phi) is 4.25. The van der Waals surface area contributed by atoms with Gasteiger partial charge in [0.15, 0.2) is 5.65 Å². The van der Waals surface area contributed by atoms with Gasteiger partial charge < -0.3 is 4.57 Å². The van der Waals surface area contributed by atoms with Crippen molar-refractivity contribution in [2.75, 3.05) is 0 Å². The molecule has 1 fully saturated rings. The number of hydrogen-bond acceptors (Lipinski definition) is 2. The van der Waals surface area contributed by atoms with Gasteiger partial charge in [0.25, 0.3) is 0 Å². The summed E-state index contributed by atoms with van der Waals surface area (Å²) in [6, 6.07) is 0.515. The number of nitrogens with zero attached hydrogens (tertiary/aromatic N) is 4. The van der Waals surface area contributed by atoms with Crippen molar-refractivity contribution in [2.45, 2.75) is 70.2 Å². The lowest BCUT2D eigenvalue weighted by Gasteiger charge is -2.24. The number of imidazole rings is 1. The number of rotatable bonds is 2. The fourth-order valence-electron chi connectivity index (χ4n) is 3.65. The summed E-state index contributed by atoms with van der Waals surface area (Å²) in [5.41, 5.74) is 3.15. The van der Waals surface area contributed by atoms with Gasteiger partial charge in [0.2, 0.25) is 0 Å². The number of fused-ring (bicyclic) bond motifs is 1. The van der Waals surface area contributed by atoms with Crippen LogP contribution < -0.4 is 0 Å². The summed E-state index contributed by atoms with van der Waals surface area (Å²) in [6.45, 7) is 4.05. The Bertz CT molecular complexity index is 618. The summed E-state index contributed by atoms with van der Waals surface area (Å²) in [6.07, 6.45) is 9.15. The molecule has 4 nitrogen and oxygen atoms in total. The Hall–Kier alpha value is -1.03. The smallest absolute Gasteiger partial charge is 0.158 e. The molecule has 0 saturated heterocycles. The molecule has 2 heterocycles. The maximum Gasteiger partial charge on any atom is 0.158 e. The first-order valence-electron chi connectivity index (χ1n) is 8.15. The fraction of sp³-hybridized carbons (Fsp3) is 0.750. The van der Waals surface area contributed by atoms with Gasteiger partial charge in [-0.25, -0.2) is 4.98 Å². The monoisotopic (exact) mass is 308 g/mol. The highest BCUT2D eigenvalue weighted by molar-refractivity contribution is 6.20. The van der Waals surface area contributed by atoms with E-state index in [4.69, 9.17) is 16.6 Å². The van der Waals surface area contributed by atoms with E-state index in [2.05, 4.69) is 9.67 Å². The van der Waals surface area contributed by atoms with Crippen LogP contribution in [0.4, 0.5) is 0 Å². The van der Waals surface area contributed by atoms with E-state index >= 15 is 0 Å². The lowest BCUT2D eigenvalue weighted by Crippen LogP contribution is -2.16. The summed E-state index contributed by atoms with van der Waals surface area (Å²) in [4.78, 5) is 4.81. The normalized spacial score (nSPS) is 19.6. The summed E-state index contributed by atoms with van der Waals surface area (Å²) < 4.78 is 4.36. The highest BCUT2D eigenvalue weighted by Gasteiger charge is 2.25. The summed E-state index contributed by atoms with van der Waals surface area (Å²) in [5, 5.41) is 4.47. The Morgan fingerprint density at radius 2 is 1.76 bits per heavy atom. The van der Waals surface area contributed by atoms with Crippen LogP contribution in [0.5, 0.6) is 0 Å². The molecule has 1 saturated carbocycles. The molecule has 2 aromatic heterocycles. The number of alkyl halides is 1. The van der Waals surface area contributed by atoms with E-state index in [1.807, 2.05) is 25.6 Å². The molecule has 116 valence electrons. The maximum absolute atomic E-state index is 6.42. The van der Waals surface area contributed by atoms with Gasteiger partial charge in [-0.1, -0.05) is 32.1 Å². The van der Waals surface area contributed by atoms with Crippen LogP contribution >= 0.6 is 11.6 Å². The highest BCUT2D eigenvalue weighted by atomic mass is 35.5. The molecule has 0 spiro atoms. The van der Waals surface area contributed by atoms with Gasteiger partial charge in [0.1, 0.15) is 11.3 Å². The first kappa shape index (κ1) is 14.9. The molecule has 5 heteroatoms. The molecule has 1 unspecified atom stereocenters. The van der Waals surface area contributed by atoms with Gasteiger partial charge in [-0.15, -0.1) is 11.6 Å². The predicted molar refractivity (Wildman–Crippen MR) is 86.9 cm³/mol. The molecule has 0 N–H and O–H groups in total. The van der Waals surface area contributed by atoms with Crippen molar-refractivity contribution in [1.29, 1.82) is 0 Å². The Balaban J connectivity index is 2.11. The minimum absolute atomic E-state index is 0.0674. The molecule has 0 bridgehead atoms. The van der Waals surface area contributed by atoms with Crippen LogP contribution in [0.2, 0.25) is 0 Å². The zero-order valence-corrected chi connectivity index (χ0v) is 14.0. The van der Waals surface area contributed by atoms with Crippen molar-refractivity contribution in [3.05, 3.63) is 11.5 Å². The Morgan fingerprint density at radius 1 is 1.14 bits per heavy atom. The van der Waals surface area contributed by atoms with E-state index < -0.39 is 0 Å². The molecule has 21 heavy (non-hydrogen) atoms. The molecule has 0 aromatic carbocycles. The average Bonchev–Trinajstić information content (AvgIpc) is 2.89. The van der Waals surface area contributed by atoms with Crippen LogP contribution in [0.15, 0.2) is 0 Å². The SMILES string of the molecule is Cc1nn(C)c2c1nc(C(C)Cl)n2C1CCCCCCC1. The molecule has 3 rings (SSSR count). The van der Waals surface area contributed by atoms with Crippen LogP contribution in [-0.4, -0.2) is 19.3 Å². The third-order valence-corrected chi connectivity index (χ3v) is 4.85. The number of aryl methyl sites for hydroxylation is 2. The lowest BCUT2D eigenvalue weighted by molar-refractivity contribution is 0.367. The summed E-state index contributed by atoms with van der Waals surface area (Å²) in [5.74, 6) is 1.01. The van der Waals surface area contributed by atoms with Crippen molar-refractivity contribution in [2.24, 2.45) is 7.05 Å². The molecular formula is C16H25ClN4. The molecule has 0 aliphatic heterocycles. The fourth-order valence-corrected chi connectivity index (χ4v) is 3.80. The van der Waals surface area contributed by atoms with Gasteiger partial charge >= 0.3 is 0 Å². The first-order valence-corrected chi connectivity index (χ1v) is 8.58. The van der Waals surface area contributed by atoms with Gasteiger partial charge in [0.05, 0.1) is 11.1 Å². The Morgan fingerprint density at radius 3 is 2.38 bits per heavy atom. The third kappa shape index (κ3) is 2.70. The van der Waals surface area contributed by atoms with Crippen molar-refractivity contribution in [3.8, 4) is 0 Å². The van der Waals surface area contributed by atoms with Crippen molar-refractivity contribution >= 4 is 22.8 Å². The predicted octanol–water partition coefficient (Wildman–Crippen LogP) is 4.66. The van der Waals surface area contributed by atoms with E-state index in [1.165, 1.54) is 44.9 Å². The minimum atomic E-state index is -0.0674. The molecule has 0 radical (unpaired) electrons. The molecule has 0 amide bonds. The van der Waals surface area contributed by atoms with Crippen LogP contribution in [0.3, 0.4) is 0 Å². The molecular weight excluding hydrogens is 284 g/mol. The minimum Gasteiger partial charge on any atom is -0.309 e. The van der Waals surface area contributed by atoms with E-state index in [-0.39, 0.29) is 5.38 Å². The zero-order chi connectivity index (χ0) is 15.0. The van der Waals surface area contributed by atoms with Crippen molar-refractivity contribution < 1.29 is 0 Å². The van der Waals surface area contributed by atoms with Gasteiger partial charge in [0, 0.05) is 13.1 Å². The average molecular weight is 309 g/mol. The number of aromatic nitrogens is 4. The van der Waals surface area contributed by atoms with Crippen LogP contribution in [0.25, 0.3) is 11.2 Å². The standard InChI is InChI=1S/C16H25ClN4/c1-11(17)15-18-14-12(2)19-20(3)16(14)21(15)13-9-7-5-4-6-8-10-13/h11,13H,4-10H2,1-3H3. The van der Waals surface area contributed by atoms with E-state index in [0.717, 1.165) is 22.7 Å². The van der Waals surface area contributed by atoms with Gasteiger partial charge in [-0.05, 0) is 26.7 Å². The topological polar surface area (TPSA) is 35.6 Å². The van der Waals surface area contributed by atoms with Crippen molar-refractivity contribution in [3.63, 3.8) is 0 Å². The second-order valence-electron chi connectivity index (χ2n) is 6.34. The molecule has 2 aromatic rings. The van der Waals surface area contributed by atoms with Crippen LogP contribution in [-0.2, 0) is 7.05 Å². The largest absolute Gasteiger partial charge is 0.309 e. The third-order valence-electron chi connectivity index (χ3n) is 4.66. The van der Waals surface area contributed by atoms with Gasteiger partial charge in [-0.3, -0.25) is 4.68 Å². The quantitative estimate of drug-likeness (QED) is 0.756.